The van der Waals surface area contributed by atoms with Gasteiger partial charge < -0.3 is 19.1 Å². The molecule has 1 aliphatic heterocycles. The number of carbonyl (C=O) groups excluding carboxylic acids is 1. The third-order valence-electron chi connectivity index (χ3n) is 3.52. The molecule has 2 atom stereocenters. The fraction of sp³-hybridized carbons (Fsp3) is 0.714. The van der Waals surface area contributed by atoms with Crippen molar-refractivity contribution in [1.29, 1.82) is 0 Å². The van der Waals surface area contributed by atoms with Gasteiger partial charge in [0, 0.05) is 20.1 Å². The molecule has 1 aromatic rings. The third-order valence-corrected chi connectivity index (χ3v) is 3.52. The van der Waals surface area contributed by atoms with E-state index in [-0.39, 0.29) is 18.1 Å². The number of ether oxygens (including phenoxy) is 1. The first-order valence-corrected chi connectivity index (χ1v) is 6.95. The van der Waals surface area contributed by atoms with E-state index in [1.807, 2.05) is 44.5 Å². The molecule has 0 N–H and O–H groups in total. The van der Waals surface area contributed by atoms with Gasteiger partial charge in [0.1, 0.15) is 11.4 Å². The minimum absolute atomic E-state index is 0.0899. The minimum Gasteiger partial charge on any atom is -0.372 e. The summed E-state index contributed by atoms with van der Waals surface area (Å²) in [6.45, 7) is 9.35. The van der Waals surface area contributed by atoms with Gasteiger partial charge in [0.15, 0.2) is 5.76 Å². The second-order valence-electron chi connectivity index (χ2n) is 5.58. The lowest BCUT2D eigenvalue weighted by atomic mass is 10.2. The van der Waals surface area contributed by atoms with Gasteiger partial charge in [-0.05, 0) is 27.7 Å². The zero-order chi connectivity index (χ0) is 14.9. The van der Waals surface area contributed by atoms with Gasteiger partial charge in [0.25, 0.3) is 0 Å². The van der Waals surface area contributed by atoms with Crippen molar-refractivity contribution in [3.8, 4) is 0 Å². The van der Waals surface area contributed by atoms with Crippen molar-refractivity contribution in [2.24, 2.45) is 0 Å². The number of hydrogen-bond donors (Lipinski definition) is 0. The van der Waals surface area contributed by atoms with E-state index >= 15 is 0 Å². The van der Waals surface area contributed by atoms with Gasteiger partial charge in [-0.3, -0.25) is 4.79 Å². The highest BCUT2D eigenvalue weighted by Crippen LogP contribution is 2.23. The predicted molar refractivity (Wildman–Crippen MR) is 75.8 cm³/mol. The Morgan fingerprint density at radius 2 is 1.95 bits per heavy atom. The van der Waals surface area contributed by atoms with Gasteiger partial charge in [-0.2, -0.15) is 0 Å². The van der Waals surface area contributed by atoms with Crippen LogP contribution in [0.15, 0.2) is 4.52 Å². The van der Waals surface area contributed by atoms with Crippen molar-refractivity contribution in [2.75, 3.05) is 31.6 Å². The Morgan fingerprint density at radius 1 is 1.35 bits per heavy atom. The van der Waals surface area contributed by atoms with Gasteiger partial charge in [0.2, 0.25) is 5.91 Å². The number of aryl methyl sites for hydroxylation is 2. The summed E-state index contributed by atoms with van der Waals surface area (Å²) in [4.78, 5) is 16.2. The van der Waals surface area contributed by atoms with Gasteiger partial charge >= 0.3 is 0 Å². The Labute approximate surface area is 119 Å². The summed E-state index contributed by atoms with van der Waals surface area (Å²) in [6, 6.07) is 0. The number of aromatic nitrogens is 1. The summed E-state index contributed by atoms with van der Waals surface area (Å²) in [5.41, 5.74) is 1.70. The second kappa shape index (κ2) is 5.83. The molecule has 1 fully saturated rings. The van der Waals surface area contributed by atoms with E-state index < -0.39 is 0 Å². The van der Waals surface area contributed by atoms with Crippen LogP contribution in [0.25, 0.3) is 0 Å². The topological polar surface area (TPSA) is 58.8 Å². The van der Waals surface area contributed by atoms with Gasteiger partial charge in [-0.1, -0.05) is 5.16 Å². The molecular formula is C14H23N3O3. The van der Waals surface area contributed by atoms with Crippen LogP contribution < -0.4 is 4.90 Å². The van der Waals surface area contributed by atoms with E-state index in [4.69, 9.17) is 9.26 Å². The lowest BCUT2D eigenvalue weighted by molar-refractivity contribution is -0.141. The molecule has 6 heteroatoms. The summed E-state index contributed by atoms with van der Waals surface area (Å²) in [7, 11) is 1.89. The molecule has 0 radical (unpaired) electrons. The van der Waals surface area contributed by atoms with Crippen molar-refractivity contribution in [1.82, 2.24) is 10.1 Å². The Morgan fingerprint density at radius 3 is 2.45 bits per heavy atom. The number of carbonyl (C=O) groups is 1. The quantitative estimate of drug-likeness (QED) is 0.837. The molecule has 2 heterocycles. The van der Waals surface area contributed by atoms with Crippen LogP contribution in [0.1, 0.15) is 25.3 Å². The van der Waals surface area contributed by atoms with E-state index in [0.717, 1.165) is 17.1 Å². The highest BCUT2D eigenvalue weighted by Gasteiger charge is 2.27. The van der Waals surface area contributed by atoms with Crippen LogP contribution in [0, 0.1) is 13.8 Å². The SMILES string of the molecule is Cc1noc(C)c1N(C)CC(=O)N1C[C@@H](C)O[C@H](C)C1. The summed E-state index contributed by atoms with van der Waals surface area (Å²) in [5.74, 6) is 0.844. The molecule has 2 rings (SSSR count). The van der Waals surface area contributed by atoms with E-state index in [1.165, 1.54) is 0 Å². The summed E-state index contributed by atoms with van der Waals surface area (Å²) < 4.78 is 10.8. The molecule has 0 unspecified atom stereocenters. The Balaban J connectivity index is 2.01. The molecule has 1 amide bonds. The van der Waals surface area contributed by atoms with Crippen LogP contribution in [0.5, 0.6) is 0 Å². The molecule has 0 aromatic carbocycles. The number of nitrogens with zero attached hydrogens (tertiary/aromatic N) is 3. The Kier molecular flexibility index (Phi) is 4.32. The second-order valence-corrected chi connectivity index (χ2v) is 5.58. The molecule has 0 bridgehead atoms. The number of rotatable bonds is 3. The van der Waals surface area contributed by atoms with Gasteiger partial charge in [0.05, 0.1) is 18.8 Å². The van der Waals surface area contributed by atoms with Gasteiger partial charge in [-0.25, -0.2) is 0 Å². The van der Waals surface area contributed by atoms with E-state index in [0.29, 0.717) is 19.6 Å². The summed E-state index contributed by atoms with van der Waals surface area (Å²) in [5, 5.41) is 3.92. The number of amides is 1. The molecule has 1 aliphatic rings. The minimum atomic E-state index is 0.0899. The van der Waals surface area contributed by atoms with E-state index in [9.17, 15) is 4.79 Å². The van der Waals surface area contributed by atoms with Crippen LogP contribution in [0.4, 0.5) is 5.69 Å². The van der Waals surface area contributed by atoms with Crippen molar-refractivity contribution in [3.05, 3.63) is 11.5 Å². The third kappa shape index (κ3) is 3.12. The summed E-state index contributed by atoms with van der Waals surface area (Å²) >= 11 is 0. The molecule has 20 heavy (non-hydrogen) atoms. The lowest BCUT2D eigenvalue weighted by Crippen LogP contribution is -2.50. The van der Waals surface area contributed by atoms with Crippen LogP contribution in [0.2, 0.25) is 0 Å². The predicted octanol–water partition coefficient (Wildman–Crippen LogP) is 1.36. The first kappa shape index (κ1) is 14.8. The Hall–Kier alpha value is -1.56. The first-order chi connectivity index (χ1) is 9.38. The molecule has 0 spiro atoms. The number of morpholine rings is 1. The maximum atomic E-state index is 12.4. The molecule has 1 saturated heterocycles. The van der Waals surface area contributed by atoms with Crippen molar-refractivity contribution < 1.29 is 14.1 Å². The fourth-order valence-electron chi connectivity index (χ4n) is 2.79. The van der Waals surface area contributed by atoms with E-state index in [2.05, 4.69) is 5.16 Å². The van der Waals surface area contributed by atoms with Crippen molar-refractivity contribution >= 4 is 11.6 Å². The van der Waals surface area contributed by atoms with E-state index in [1.54, 1.807) is 0 Å². The first-order valence-electron chi connectivity index (χ1n) is 6.95. The molecule has 0 aliphatic carbocycles. The van der Waals surface area contributed by atoms with Crippen LogP contribution in [0.3, 0.4) is 0 Å². The average Bonchev–Trinajstić information content (AvgIpc) is 2.67. The number of likely N-dealkylation sites (N-methyl/N-ethyl adjacent to an activating group) is 1. The molecule has 112 valence electrons. The highest BCUT2D eigenvalue weighted by atomic mass is 16.5. The van der Waals surface area contributed by atoms with Gasteiger partial charge in [-0.15, -0.1) is 0 Å². The summed E-state index contributed by atoms with van der Waals surface area (Å²) in [6.07, 6.45) is 0.180. The lowest BCUT2D eigenvalue weighted by Gasteiger charge is -2.36. The van der Waals surface area contributed by atoms with Crippen LogP contribution in [-0.2, 0) is 9.53 Å². The zero-order valence-corrected chi connectivity index (χ0v) is 12.8. The molecule has 1 aromatic heterocycles. The number of anilines is 1. The maximum absolute atomic E-state index is 12.4. The molecular weight excluding hydrogens is 258 g/mol. The monoisotopic (exact) mass is 281 g/mol. The highest BCUT2D eigenvalue weighted by molar-refractivity contribution is 5.82. The smallest absolute Gasteiger partial charge is 0.242 e. The van der Waals surface area contributed by atoms with Crippen molar-refractivity contribution in [3.63, 3.8) is 0 Å². The average molecular weight is 281 g/mol. The maximum Gasteiger partial charge on any atom is 0.242 e. The largest absolute Gasteiger partial charge is 0.372 e. The Bertz CT molecular complexity index is 457. The van der Waals surface area contributed by atoms with Crippen molar-refractivity contribution in [2.45, 2.75) is 39.9 Å². The normalized spacial score (nSPS) is 22.9. The number of hydrogen-bond acceptors (Lipinski definition) is 5. The fourth-order valence-corrected chi connectivity index (χ4v) is 2.79. The van der Waals surface area contributed by atoms with Crippen LogP contribution in [-0.4, -0.2) is 54.9 Å². The standard InChI is InChI=1S/C14H23N3O3/c1-9-6-17(7-10(2)19-9)13(18)8-16(5)14-11(3)15-20-12(14)4/h9-10H,6-8H2,1-5H3/t9-,10-/m1/s1. The molecule has 6 nitrogen and oxygen atoms in total. The van der Waals surface area contributed by atoms with Crippen LogP contribution >= 0.6 is 0 Å². The zero-order valence-electron chi connectivity index (χ0n) is 12.8. The molecule has 0 saturated carbocycles.